The number of carbonyl (C=O) groups excluding carboxylic acids is 1. The van der Waals surface area contributed by atoms with Crippen LogP contribution in [0.5, 0.6) is 5.75 Å². The molecule has 2 rings (SSSR count). The van der Waals surface area contributed by atoms with Crippen molar-refractivity contribution in [3.8, 4) is 5.75 Å². The fraction of sp³-hybridized carbons (Fsp3) is 0.364. The molecule has 0 aliphatic rings. The zero-order valence-electron chi connectivity index (χ0n) is 17.0. The lowest BCUT2D eigenvalue weighted by Crippen LogP contribution is -2.30. The smallest absolute Gasteiger partial charge is 0.320 e. The lowest BCUT2D eigenvalue weighted by molar-refractivity contribution is -0.138. The lowest BCUT2D eigenvalue weighted by atomic mass is 10.2. The van der Waals surface area contributed by atoms with E-state index in [-0.39, 0.29) is 0 Å². The predicted octanol–water partition coefficient (Wildman–Crippen LogP) is 2.22. The molecule has 7 nitrogen and oxygen atoms in total. The van der Waals surface area contributed by atoms with Gasteiger partial charge in [0.1, 0.15) is 18.1 Å². The molecule has 0 saturated carbocycles. The van der Waals surface area contributed by atoms with E-state index in [1.807, 2.05) is 25.1 Å². The Balaban J connectivity index is 0.000000409. The standard InChI is InChI=1S/C9H10O2.C8H11N.C5H12N2O2/c1-2-11-9-5-3-8(7-10)4-6-9;9-7-6-8-4-2-1-3-5-8;6-3-1-2-4(7)5(8)9/h3-7H,2H2,1H3;1-5H,6-7,9H2;4H,1-3,6-7H2,(H,8,9). The first-order valence-electron chi connectivity index (χ1n) is 9.58. The van der Waals surface area contributed by atoms with E-state index in [2.05, 4.69) is 12.1 Å². The Morgan fingerprint density at radius 1 is 1.07 bits per heavy atom. The van der Waals surface area contributed by atoms with Gasteiger partial charge in [0.2, 0.25) is 0 Å². The second-order valence-electron chi connectivity index (χ2n) is 6.02. The van der Waals surface area contributed by atoms with Crippen LogP contribution in [0.15, 0.2) is 54.6 Å². The largest absolute Gasteiger partial charge is 0.494 e. The van der Waals surface area contributed by atoms with E-state index in [9.17, 15) is 9.59 Å². The minimum atomic E-state index is -0.955. The van der Waals surface area contributed by atoms with Crippen molar-refractivity contribution >= 4 is 12.3 Å². The summed E-state index contributed by atoms with van der Waals surface area (Å²) in [6.07, 6.45) is 2.94. The van der Waals surface area contributed by atoms with Crippen LogP contribution in [0.3, 0.4) is 0 Å². The van der Waals surface area contributed by atoms with Crippen LogP contribution in [-0.2, 0) is 11.2 Å². The monoisotopic (exact) mass is 403 g/mol. The third-order valence-corrected chi connectivity index (χ3v) is 3.64. The predicted molar refractivity (Wildman–Crippen MR) is 116 cm³/mol. The molecule has 0 amide bonds. The molecule has 160 valence electrons. The number of aliphatic carboxylic acids is 1. The number of aldehydes is 1. The van der Waals surface area contributed by atoms with Crippen molar-refractivity contribution < 1.29 is 19.4 Å². The second-order valence-corrected chi connectivity index (χ2v) is 6.02. The summed E-state index contributed by atoms with van der Waals surface area (Å²) in [5, 5.41) is 8.24. The lowest BCUT2D eigenvalue weighted by Gasteiger charge is -2.02. The number of rotatable bonds is 9. The summed E-state index contributed by atoms with van der Waals surface area (Å²) in [6, 6.07) is 16.6. The molecule has 2 aromatic rings. The maximum atomic E-state index is 10.2. The quantitative estimate of drug-likeness (QED) is 0.470. The normalized spacial score (nSPS) is 10.5. The fourth-order valence-electron chi connectivity index (χ4n) is 2.08. The van der Waals surface area contributed by atoms with Gasteiger partial charge in [-0.3, -0.25) is 9.59 Å². The summed E-state index contributed by atoms with van der Waals surface area (Å²) in [6.45, 7) is 3.82. The van der Waals surface area contributed by atoms with Gasteiger partial charge >= 0.3 is 5.97 Å². The van der Waals surface area contributed by atoms with Crippen molar-refractivity contribution in [2.75, 3.05) is 19.7 Å². The van der Waals surface area contributed by atoms with E-state index in [0.29, 0.717) is 31.6 Å². The number of nitrogens with two attached hydrogens (primary N) is 3. The van der Waals surface area contributed by atoms with Crippen molar-refractivity contribution in [2.24, 2.45) is 17.2 Å². The van der Waals surface area contributed by atoms with Crippen LogP contribution in [-0.4, -0.2) is 43.1 Å². The Morgan fingerprint density at radius 2 is 1.69 bits per heavy atom. The number of benzene rings is 2. The number of ether oxygens (including phenoxy) is 1. The van der Waals surface area contributed by atoms with Gasteiger partial charge in [0.25, 0.3) is 0 Å². The number of carboxylic acids is 1. The SMILES string of the molecule is CCOc1ccc(C=O)cc1.NCCCC(N)C(=O)O.NCCc1ccccc1. The third-order valence-electron chi connectivity index (χ3n) is 3.64. The Morgan fingerprint density at radius 3 is 2.14 bits per heavy atom. The molecule has 0 aliphatic carbocycles. The van der Waals surface area contributed by atoms with E-state index in [0.717, 1.165) is 25.0 Å². The topological polar surface area (TPSA) is 142 Å². The Hall–Kier alpha value is -2.74. The first kappa shape index (κ1) is 26.3. The van der Waals surface area contributed by atoms with Crippen LogP contribution in [0.1, 0.15) is 35.7 Å². The molecule has 1 atom stereocenters. The molecule has 2 aromatic carbocycles. The van der Waals surface area contributed by atoms with Gasteiger partial charge < -0.3 is 27.0 Å². The molecule has 29 heavy (non-hydrogen) atoms. The maximum absolute atomic E-state index is 10.2. The zero-order chi connectivity index (χ0) is 21.9. The third kappa shape index (κ3) is 14.0. The Labute approximate surface area is 172 Å². The van der Waals surface area contributed by atoms with Crippen LogP contribution in [0.25, 0.3) is 0 Å². The van der Waals surface area contributed by atoms with Gasteiger partial charge in [-0.15, -0.1) is 0 Å². The van der Waals surface area contributed by atoms with Crippen molar-refractivity contribution in [3.05, 3.63) is 65.7 Å². The molecule has 0 radical (unpaired) electrons. The van der Waals surface area contributed by atoms with Gasteiger partial charge in [-0.25, -0.2) is 0 Å². The summed E-state index contributed by atoms with van der Waals surface area (Å²) < 4.78 is 5.19. The van der Waals surface area contributed by atoms with Crippen LogP contribution < -0.4 is 21.9 Å². The molecule has 0 spiro atoms. The molecular formula is C22H33N3O4. The van der Waals surface area contributed by atoms with Crippen LogP contribution in [0, 0.1) is 0 Å². The highest BCUT2D eigenvalue weighted by atomic mass is 16.5. The zero-order valence-corrected chi connectivity index (χ0v) is 17.0. The molecule has 0 aromatic heterocycles. The highest BCUT2D eigenvalue weighted by Crippen LogP contribution is 2.10. The van der Waals surface area contributed by atoms with Crippen LogP contribution in [0.2, 0.25) is 0 Å². The molecule has 7 heteroatoms. The van der Waals surface area contributed by atoms with Crippen molar-refractivity contribution in [1.29, 1.82) is 0 Å². The van der Waals surface area contributed by atoms with Gasteiger partial charge in [-0.2, -0.15) is 0 Å². The maximum Gasteiger partial charge on any atom is 0.320 e. The van der Waals surface area contributed by atoms with Crippen molar-refractivity contribution in [3.63, 3.8) is 0 Å². The van der Waals surface area contributed by atoms with E-state index in [1.54, 1.807) is 24.3 Å². The summed E-state index contributed by atoms with van der Waals surface area (Å²) in [7, 11) is 0. The molecule has 0 fully saturated rings. The van der Waals surface area contributed by atoms with Gasteiger partial charge in [0.15, 0.2) is 0 Å². The minimum absolute atomic E-state index is 0.464. The summed E-state index contributed by atoms with van der Waals surface area (Å²) >= 11 is 0. The number of hydrogen-bond acceptors (Lipinski definition) is 6. The molecule has 0 bridgehead atoms. The Bertz CT molecular complexity index is 664. The van der Waals surface area contributed by atoms with Crippen LogP contribution >= 0.6 is 0 Å². The molecule has 0 heterocycles. The van der Waals surface area contributed by atoms with Crippen LogP contribution in [0.4, 0.5) is 0 Å². The fourth-order valence-corrected chi connectivity index (χ4v) is 2.08. The summed E-state index contributed by atoms with van der Waals surface area (Å²) in [5.74, 6) is -0.151. The van der Waals surface area contributed by atoms with E-state index >= 15 is 0 Å². The second kappa shape index (κ2) is 17.4. The molecule has 0 saturated heterocycles. The van der Waals surface area contributed by atoms with E-state index in [1.165, 1.54) is 5.56 Å². The summed E-state index contributed by atoms with van der Waals surface area (Å²) in [4.78, 5) is 20.3. The van der Waals surface area contributed by atoms with E-state index < -0.39 is 12.0 Å². The highest BCUT2D eigenvalue weighted by Gasteiger charge is 2.08. The van der Waals surface area contributed by atoms with Gasteiger partial charge in [0, 0.05) is 5.56 Å². The summed E-state index contributed by atoms with van der Waals surface area (Å²) in [5.41, 5.74) is 17.6. The average molecular weight is 404 g/mol. The van der Waals surface area contributed by atoms with Crippen molar-refractivity contribution in [1.82, 2.24) is 0 Å². The first-order chi connectivity index (χ1) is 14.0. The molecule has 1 unspecified atom stereocenters. The van der Waals surface area contributed by atoms with Gasteiger partial charge in [-0.05, 0) is 69.1 Å². The molecular weight excluding hydrogens is 370 g/mol. The first-order valence-corrected chi connectivity index (χ1v) is 9.58. The minimum Gasteiger partial charge on any atom is -0.494 e. The van der Waals surface area contributed by atoms with Gasteiger partial charge in [-0.1, -0.05) is 30.3 Å². The number of hydrogen-bond donors (Lipinski definition) is 4. The number of carboxylic acid groups (broad SMARTS) is 1. The molecule has 7 N–H and O–H groups in total. The molecule has 0 aliphatic heterocycles. The number of carbonyl (C=O) groups is 2. The highest BCUT2D eigenvalue weighted by molar-refractivity contribution is 5.74. The Kier molecular flexibility index (Phi) is 15.7. The van der Waals surface area contributed by atoms with Gasteiger partial charge in [0.05, 0.1) is 6.61 Å². The van der Waals surface area contributed by atoms with Crippen molar-refractivity contribution in [2.45, 2.75) is 32.2 Å². The average Bonchev–Trinajstić information content (AvgIpc) is 2.74. The van der Waals surface area contributed by atoms with E-state index in [4.69, 9.17) is 27.0 Å².